The van der Waals surface area contributed by atoms with E-state index in [1.54, 1.807) is 18.2 Å². The van der Waals surface area contributed by atoms with Crippen LogP contribution in [0.1, 0.15) is 29.9 Å². The number of carbonyl (C=O) groups excluding carboxylic acids is 1. The Balaban J connectivity index is 2.22. The Bertz CT molecular complexity index is 552. The topological polar surface area (TPSA) is 80.0 Å². The Morgan fingerprint density at radius 3 is 2.79 bits per heavy atom. The number of nitrogens with one attached hydrogen (secondary N) is 2. The van der Waals surface area contributed by atoms with Crippen LogP contribution in [0.25, 0.3) is 0 Å². The highest BCUT2D eigenvalue weighted by Crippen LogP contribution is 2.13. The van der Waals surface area contributed by atoms with Gasteiger partial charge in [-0.05, 0) is 25.5 Å². The predicted molar refractivity (Wildman–Crippen MR) is 72.2 cm³/mol. The molecule has 0 aliphatic carbocycles. The van der Waals surface area contributed by atoms with E-state index >= 15 is 0 Å². The van der Waals surface area contributed by atoms with Crippen LogP contribution in [-0.2, 0) is 6.42 Å². The van der Waals surface area contributed by atoms with E-state index in [0.29, 0.717) is 17.2 Å². The first kappa shape index (κ1) is 13.1. The van der Waals surface area contributed by atoms with Crippen LogP contribution < -0.4 is 10.6 Å². The zero-order valence-electron chi connectivity index (χ0n) is 10.9. The Labute approximate surface area is 111 Å². The third kappa shape index (κ3) is 3.31. The van der Waals surface area contributed by atoms with Crippen molar-refractivity contribution in [3.8, 4) is 0 Å². The highest BCUT2D eigenvalue weighted by molar-refractivity contribution is 6.04. The maximum absolute atomic E-state index is 12.1. The van der Waals surface area contributed by atoms with E-state index in [-0.39, 0.29) is 5.91 Å². The summed E-state index contributed by atoms with van der Waals surface area (Å²) in [6, 6.07) is 5.08. The molecule has 0 saturated heterocycles. The fraction of sp³-hybridized carbons (Fsp3) is 0.308. The lowest BCUT2D eigenvalue weighted by atomic mass is 10.2. The molecule has 0 saturated carbocycles. The van der Waals surface area contributed by atoms with Gasteiger partial charge in [-0.1, -0.05) is 12.1 Å². The summed E-state index contributed by atoms with van der Waals surface area (Å²) in [4.78, 5) is 16.5. The molecule has 100 valence electrons. The van der Waals surface area contributed by atoms with E-state index in [9.17, 15) is 4.79 Å². The zero-order valence-corrected chi connectivity index (χ0v) is 10.9. The monoisotopic (exact) mass is 260 g/mol. The SMILES string of the molecule is CCNc1cc(C(=O)Nc2ccon2)cc(CC)n1. The maximum atomic E-state index is 12.1. The summed E-state index contributed by atoms with van der Waals surface area (Å²) in [5, 5.41) is 9.42. The van der Waals surface area contributed by atoms with Crippen LogP contribution in [0, 0.1) is 0 Å². The normalized spacial score (nSPS) is 10.2. The van der Waals surface area contributed by atoms with Crippen LogP contribution >= 0.6 is 0 Å². The van der Waals surface area contributed by atoms with Crippen LogP contribution in [0.4, 0.5) is 11.6 Å². The molecule has 0 atom stereocenters. The van der Waals surface area contributed by atoms with Crippen LogP contribution in [0.5, 0.6) is 0 Å². The number of anilines is 2. The van der Waals surface area contributed by atoms with Crippen molar-refractivity contribution in [1.29, 1.82) is 0 Å². The quantitative estimate of drug-likeness (QED) is 0.862. The molecular weight excluding hydrogens is 244 g/mol. The molecule has 2 aromatic heterocycles. The van der Waals surface area contributed by atoms with Gasteiger partial charge in [0.2, 0.25) is 0 Å². The minimum atomic E-state index is -0.231. The van der Waals surface area contributed by atoms with Gasteiger partial charge < -0.3 is 15.2 Å². The van der Waals surface area contributed by atoms with Gasteiger partial charge in [-0.25, -0.2) is 4.98 Å². The highest BCUT2D eigenvalue weighted by Gasteiger charge is 2.10. The summed E-state index contributed by atoms with van der Waals surface area (Å²) < 4.78 is 4.67. The van der Waals surface area contributed by atoms with Crippen molar-refractivity contribution < 1.29 is 9.32 Å². The molecule has 0 unspecified atom stereocenters. The molecule has 2 heterocycles. The lowest BCUT2D eigenvalue weighted by molar-refractivity contribution is 0.102. The summed E-state index contributed by atoms with van der Waals surface area (Å²) in [7, 11) is 0. The van der Waals surface area contributed by atoms with E-state index < -0.39 is 0 Å². The van der Waals surface area contributed by atoms with Gasteiger partial charge in [0.05, 0.1) is 0 Å². The maximum Gasteiger partial charge on any atom is 0.257 e. The second-order valence-electron chi connectivity index (χ2n) is 3.96. The molecule has 0 spiro atoms. The molecule has 0 aliphatic rings. The van der Waals surface area contributed by atoms with Crippen LogP contribution in [0.15, 0.2) is 29.0 Å². The molecule has 6 heteroatoms. The van der Waals surface area contributed by atoms with Crippen molar-refractivity contribution in [3.05, 3.63) is 35.7 Å². The van der Waals surface area contributed by atoms with Gasteiger partial charge in [-0.2, -0.15) is 0 Å². The number of hydrogen-bond acceptors (Lipinski definition) is 5. The lowest BCUT2D eigenvalue weighted by Gasteiger charge is -2.08. The summed E-state index contributed by atoms with van der Waals surface area (Å²) in [6.45, 7) is 4.73. The van der Waals surface area contributed by atoms with Gasteiger partial charge in [0.25, 0.3) is 5.91 Å². The third-order valence-electron chi connectivity index (χ3n) is 2.54. The number of aromatic nitrogens is 2. The minimum absolute atomic E-state index is 0.231. The van der Waals surface area contributed by atoms with E-state index in [1.807, 2.05) is 13.8 Å². The molecule has 1 amide bonds. The minimum Gasteiger partial charge on any atom is -0.370 e. The van der Waals surface area contributed by atoms with Gasteiger partial charge in [0.1, 0.15) is 12.1 Å². The first-order chi connectivity index (χ1) is 9.22. The largest absolute Gasteiger partial charge is 0.370 e. The van der Waals surface area contributed by atoms with E-state index in [4.69, 9.17) is 0 Å². The zero-order chi connectivity index (χ0) is 13.7. The average Bonchev–Trinajstić information content (AvgIpc) is 2.91. The van der Waals surface area contributed by atoms with Crippen molar-refractivity contribution in [2.45, 2.75) is 20.3 Å². The first-order valence-corrected chi connectivity index (χ1v) is 6.19. The van der Waals surface area contributed by atoms with Crippen LogP contribution in [0.2, 0.25) is 0 Å². The second-order valence-corrected chi connectivity index (χ2v) is 3.96. The lowest BCUT2D eigenvalue weighted by Crippen LogP contribution is -2.14. The Kier molecular flexibility index (Phi) is 4.12. The van der Waals surface area contributed by atoms with Crippen molar-refractivity contribution in [3.63, 3.8) is 0 Å². The molecule has 0 aliphatic heterocycles. The Morgan fingerprint density at radius 1 is 1.32 bits per heavy atom. The van der Waals surface area contributed by atoms with Gasteiger partial charge in [0, 0.05) is 23.9 Å². The number of amides is 1. The average molecular weight is 260 g/mol. The molecule has 0 fully saturated rings. The Morgan fingerprint density at radius 2 is 2.16 bits per heavy atom. The van der Waals surface area contributed by atoms with Crippen LogP contribution in [0.3, 0.4) is 0 Å². The van der Waals surface area contributed by atoms with Crippen molar-refractivity contribution >= 4 is 17.5 Å². The Hall–Kier alpha value is -2.37. The molecule has 0 bridgehead atoms. The molecule has 2 rings (SSSR count). The van der Waals surface area contributed by atoms with E-state index in [2.05, 4.69) is 25.3 Å². The fourth-order valence-corrected chi connectivity index (χ4v) is 1.64. The van der Waals surface area contributed by atoms with Crippen molar-refractivity contribution in [1.82, 2.24) is 10.1 Å². The first-order valence-electron chi connectivity index (χ1n) is 6.19. The third-order valence-corrected chi connectivity index (χ3v) is 2.54. The molecule has 0 radical (unpaired) electrons. The standard InChI is InChI=1S/C13H16N4O2/c1-3-10-7-9(8-12(15-10)14-4-2)13(18)16-11-5-6-19-17-11/h5-8H,3-4H2,1-2H3,(H,14,15)(H,16,17,18). The summed E-state index contributed by atoms with van der Waals surface area (Å²) in [5.74, 6) is 0.863. The van der Waals surface area contributed by atoms with Gasteiger partial charge >= 0.3 is 0 Å². The molecule has 2 aromatic rings. The van der Waals surface area contributed by atoms with Crippen molar-refractivity contribution in [2.75, 3.05) is 17.2 Å². The van der Waals surface area contributed by atoms with Gasteiger partial charge in [0.15, 0.2) is 5.82 Å². The van der Waals surface area contributed by atoms with E-state index in [0.717, 1.165) is 18.7 Å². The van der Waals surface area contributed by atoms with Crippen LogP contribution in [-0.4, -0.2) is 22.6 Å². The number of pyridine rings is 1. The predicted octanol–water partition coefficient (Wildman–Crippen LogP) is 2.32. The number of hydrogen-bond donors (Lipinski definition) is 2. The smallest absolute Gasteiger partial charge is 0.257 e. The molecule has 19 heavy (non-hydrogen) atoms. The van der Waals surface area contributed by atoms with Gasteiger partial charge in [-0.3, -0.25) is 4.79 Å². The molecule has 6 nitrogen and oxygen atoms in total. The summed E-state index contributed by atoms with van der Waals surface area (Å²) in [5.41, 5.74) is 1.41. The number of rotatable bonds is 5. The van der Waals surface area contributed by atoms with E-state index in [1.165, 1.54) is 6.26 Å². The second kappa shape index (κ2) is 5.99. The number of aryl methyl sites for hydroxylation is 1. The molecular formula is C13H16N4O2. The highest BCUT2D eigenvalue weighted by atomic mass is 16.5. The fourth-order valence-electron chi connectivity index (χ4n) is 1.64. The summed E-state index contributed by atoms with van der Waals surface area (Å²) >= 11 is 0. The molecule has 0 aromatic carbocycles. The van der Waals surface area contributed by atoms with Crippen molar-refractivity contribution in [2.24, 2.45) is 0 Å². The number of nitrogens with zero attached hydrogens (tertiary/aromatic N) is 2. The summed E-state index contributed by atoms with van der Waals surface area (Å²) in [6.07, 6.45) is 2.17. The van der Waals surface area contributed by atoms with Gasteiger partial charge in [-0.15, -0.1) is 0 Å². The number of carbonyl (C=O) groups is 1. The molecule has 2 N–H and O–H groups in total.